The molecule has 0 bridgehead atoms. The van der Waals surface area contributed by atoms with Gasteiger partial charge in [0, 0.05) is 0 Å². The molecule has 1 aromatic heterocycles. The molecule has 0 spiro atoms. The summed E-state index contributed by atoms with van der Waals surface area (Å²) < 4.78 is 10.9. The Balaban J connectivity index is 1.92. The number of ether oxygens (including phenoxy) is 1. The molecule has 0 saturated heterocycles. The summed E-state index contributed by atoms with van der Waals surface area (Å²) in [4.78, 5) is 0. The maximum absolute atomic E-state index is 5.65. The third kappa shape index (κ3) is 1.06. The molecule has 1 aromatic carbocycles. The molecule has 70 valence electrons. The minimum atomic E-state index is -0.192. The lowest BCUT2D eigenvalue weighted by Crippen LogP contribution is -2.08. The summed E-state index contributed by atoms with van der Waals surface area (Å²) >= 11 is 0. The number of benzene rings is 1. The first-order valence-electron chi connectivity index (χ1n) is 4.49. The van der Waals surface area contributed by atoms with Crippen LogP contribution < -0.4 is 10.1 Å². The average Bonchev–Trinajstić information content (AvgIpc) is 2.86. The smallest absolute Gasteiger partial charge is 0.229 e. The van der Waals surface area contributed by atoms with E-state index in [4.69, 9.17) is 9.15 Å². The molecule has 1 aliphatic rings. The molecule has 3 nitrogen and oxygen atoms in total. The number of rotatable bonds is 1. The zero-order valence-electron chi connectivity index (χ0n) is 7.44. The Bertz CT molecular complexity index is 411. The highest BCUT2D eigenvalue weighted by Crippen LogP contribution is 2.37. The van der Waals surface area contributed by atoms with Gasteiger partial charge in [-0.25, -0.2) is 0 Å². The van der Waals surface area contributed by atoms with Crippen molar-refractivity contribution in [2.75, 3.05) is 5.32 Å². The Morgan fingerprint density at radius 2 is 2.00 bits per heavy atom. The van der Waals surface area contributed by atoms with Crippen molar-refractivity contribution in [2.45, 2.75) is 6.23 Å². The highest BCUT2D eigenvalue weighted by Gasteiger charge is 2.24. The van der Waals surface area contributed by atoms with Crippen molar-refractivity contribution in [3.05, 3.63) is 48.4 Å². The van der Waals surface area contributed by atoms with Gasteiger partial charge in [0.25, 0.3) is 0 Å². The Kier molecular flexibility index (Phi) is 1.50. The number of anilines is 1. The van der Waals surface area contributed by atoms with E-state index in [1.54, 1.807) is 6.26 Å². The van der Waals surface area contributed by atoms with E-state index in [-0.39, 0.29) is 6.23 Å². The first-order chi connectivity index (χ1) is 6.93. The van der Waals surface area contributed by atoms with E-state index in [9.17, 15) is 0 Å². The van der Waals surface area contributed by atoms with E-state index in [1.807, 2.05) is 36.4 Å². The van der Waals surface area contributed by atoms with E-state index in [1.165, 1.54) is 0 Å². The number of fused-ring (bicyclic) bond motifs is 1. The zero-order chi connectivity index (χ0) is 9.38. The summed E-state index contributed by atoms with van der Waals surface area (Å²) in [6, 6.07) is 11.6. The summed E-state index contributed by atoms with van der Waals surface area (Å²) in [5.41, 5.74) is 1.01. The second-order valence-electron chi connectivity index (χ2n) is 3.15. The monoisotopic (exact) mass is 187 g/mol. The number of nitrogens with one attached hydrogen (secondary N) is 1. The van der Waals surface area contributed by atoms with Crippen LogP contribution >= 0.6 is 0 Å². The predicted octanol–water partition coefficient (Wildman–Crippen LogP) is 2.78. The lowest BCUT2D eigenvalue weighted by Gasteiger charge is -2.06. The van der Waals surface area contributed by atoms with E-state index in [0.717, 1.165) is 17.2 Å². The van der Waals surface area contributed by atoms with Gasteiger partial charge in [0.2, 0.25) is 6.23 Å². The molecular formula is C11H9NO2. The summed E-state index contributed by atoms with van der Waals surface area (Å²) in [6.07, 6.45) is 1.45. The van der Waals surface area contributed by atoms with E-state index in [0.29, 0.717) is 0 Å². The Labute approximate surface area is 81.3 Å². The molecule has 14 heavy (non-hydrogen) atoms. The second-order valence-corrected chi connectivity index (χ2v) is 3.15. The molecule has 0 amide bonds. The van der Waals surface area contributed by atoms with Gasteiger partial charge < -0.3 is 14.5 Å². The molecule has 0 saturated carbocycles. The predicted molar refractivity (Wildman–Crippen MR) is 52.1 cm³/mol. The van der Waals surface area contributed by atoms with Crippen LogP contribution in [0.5, 0.6) is 5.75 Å². The summed E-state index contributed by atoms with van der Waals surface area (Å²) in [7, 11) is 0. The van der Waals surface area contributed by atoms with Crippen LogP contribution in [0, 0.1) is 0 Å². The molecule has 0 aliphatic carbocycles. The summed E-state index contributed by atoms with van der Waals surface area (Å²) in [5.74, 6) is 1.66. The summed E-state index contributed by atoms with van der Waals surface area (Å²) in [6.45, 7) is 0. The van der Waals surface area contributed by atoms with Gasteiger partial charge in [0.15, 0.2) is 5.76 Å². The van der Waals surface area contributed by atoms with Crippen molar-refractivity contribution >= 4 is 5.69 Å². The van der Waals surface area contributed by atoms with Crippen molar-refractivity contribution in [1.29, 1.82) is 0 Å². The van der Waals surface area contributed by atoms with Gasteiger partial charge in [0.05, 0.1) is 12.0 Å². The molecule has 2 aromatic rings. The first-order valence-corrected chi connectivity index (χ1v) is 4.49. The molecule has 2 heterocycles. The van der Waals surface area contributed by atoms with E-state index < -0.39 is 0 Å². The van der Waals surface area contributed by atoms with Crippen molar-refractivity contribution in [3.63, 3.8) is 0 Å². The van der Waals surface area contributed by atoms with Crippen molar-refractivity contribution in [3.8, 4) is 5.75 Å². The SMILES string of the molecule is c1coc(C2Nc3ccccc3O2)c1. The molecule has 0 fully saturated rings. The molecular weight excluding hydrogens is 178 g/mol. The largest absolute Gasteiger partial charge is 0.463 e. The number of hydrogen-bond acceptors (Lipinski definition) is 3. The van der Waals surface area contributed by atoms with Crippen LogP contribution in [0.3, 0.4) is 0 Å². The second kappa shape index (κ2) is 2.80. The standard InChI is InChI=1S/C11H9NO2/c1-2-5-9-8(4-1)12-11(14-9)10-6-3-7-13-10/h1-7,11-12H. The van der Waals surface area contributed by atoms with Crippen LogP contribution in [0.1, 0.15) is 12.0 Å². The van der Waals surface area contributed by atoms with Gasteiger partial charge in [0.1, 0.15) is 5.75 Å². The van der Waals surface area contributed by atoms with E-state index in [2.05, 4.69) is 5.32 Å². The number of hydrogen-bond donors (Lipinski definition) is 1. The average molecular weight is 187 g/mol. The highest BCUT2D eigenvalue weighted by molar-refractivity contribution is 5.60. The molecule has 1 N–H and O–H groups in total. The van der Waals surface area contributed by atoms with Crippen LogP contribution in [0.25, 0.3) is 0 Å². The lowest BCUT2D eigenvalue weighted by atomic mass is 10.3. The van der Waals surface area contributed by atoms with Gasteiger partial charge in [-0.2, -0.15) is 0 Å². The van der Waals surface area contributed by atoms with Gasteiger partial charge in [-0.05, 0) is 24.3 Å². The van der Waals surface area contributed by atoms with Crippen LogP contribution in [0.15, 0.2) is 47.1 Å². The minimum absolute atomic E-state index is 0.192. The molecule has 3 rings (SSSR count). The van der Waals surface area contributed by atoms with Crippen molar-refractivity contribution in [2.24, 2.45) is 0 Å². The van der Waals surface area contributed by atoms with Gasteiger partial charge in [-0.1, -0.05) is 12.1 Å². The normalized spacial score (nSPS) is 18.4. The molecule has 1 atom stereocenters. The fourth-order valence-electron chi connectivity index (χ4n) is 1.56. The van der Waals surface area contributed by atoms with E-state index >= 15 is 0 Å². The topological polar surface area (TPSA) is 34.4 Å². The first kappa shape index (κ1) is 7.50. The third-order valence-electron chi connectivity index (χ3n) is 2.22. The van der Waals surface area contributed by atoms with Crippen LogP contribution in [0.4, 0.5) is 5.69 Å². The lowest BCUT2D eigenvalue weighted by molar-refractivity contribution is 0.225. The quantitative estimate of drug-likeness (QED) is 0.745. The molecule has 3 heteroatoms. The van der Waals surface area contributed by atoms with Gasteiger partial charge >= 0.3 is 0 Å². The number of furan rings is 1. The molecule has 0 radical (unpaired) electrons. The fourth-order valence-corrected chi connectivity index (χ4v) is 1.56. The summed E-state index contributed by atoms with van der Waals surface area (Å²) in [5, 5.41) is 3.22. The highest BCUT2D eigenvalue weighted by atomic mass is 16.5. The van der Waals surface area contributed by atoms with Crippen molar-refractivity contribution < 1.29 is 9.15 Å². The van der Waals surface area contributed by atoms with Crippen LogP contribution in [-0.2, 0) is 0 Å². The Hall–Kier alpha value is -1.90. The maximum atomic E-state index is 5.65. The minimum Gasteiger partial charge on any atom is -0.463 e. The van der Waals surface area contributed by atoms with Crippen LogP contribution in [-0.4, -0.2) is 0 Å². The third-order valence-corrected chi connectivity index (χ3v) is 2.22. The van der Waals surface area contributed by atoms with Crippen LogP contribution in [0.2, 0.25) is 0 Å². The van der Waals surface area contributed by atoms with Gasteiger partial charge in [-0.15, -0.1) is 0 Å². The molecule has 1 aliphatic heterocycles. The van der Waals surface area contributed by atoms with Crippen molar-refractivity contribution in [1.82, 2.24) is 0 Å². The Morgan fingerprint density at radius 3 is 2.79 bits per heavy atom. The van der Waals surface area contributed by atoms with Gasteiger partial charge in [-0.3, -0.25) is 0 Å². The fraction of sp³-hybridized carbons (Fsp3) is 0.0909. The molecule has 1 unspecified atom stereocenters. The number of para-hydroxylation sites is 2. The zero-order valence-corrected chi connectivity index (χ0v) is 7.44. The Morgan fingerprint density at radius 1 is 1.07 bits per heavy atom. The maximum Gasteiger partial charge on any atom is 0.229 e.